The summed E-state index contributed by atoms with van der Waals surface area (Å²) < 4.78 is 0. The van der Waals surface area contributed by atoms with E-state index in [1.165, 1.54) is 11.8 Å². The largest absolute Gasteiger partial charge is 0.394 e. The number of nitrogens with one attached hydrogen (secondary N) is 1. The summed E-state index contributed by atoms with van der Waals surface area (Å²) in [5, 5.41) is 11.5. The van der Waals surface area contributed by atoms with Crippen LogP contribution in [-0.2, 0) is 4.79 Å². The standard InChI is InChI=1S/C8H18N2O2S/c1-2-7(5-11)10-8(12)6-13-4-3-9/h7,11H,2-6,9H2,1H3,(H,10,12). The molecule has 0 rings (SSSR count). The second kappa shape index (κ2) is 8.34. The average molecular weight is 206 g/mol. The first kappa shape index (κ1) is 12.7. The summed E-state index contributed by atoms with van der Waals surface area (Å²) in [4.78, 5) is 11.2. The van der Waals surface area contributed by atoms with Crippen molar-refractivity contribution in [2.45, 2.75) is 19.4 Å². The highest BCUT2D eigenvalue weighted by Crippen LogP contribution is 1.98. The average Bonchev–Trinajstić information content (AvgIpc) is 2.14. The van der Waals surface area contributed by atoms with Crippen molar-refractivity contribution in [3.63, 3.8) is 0 Å². The lowest BCUT2D eigenvalue weighted by molar-refractivity contribution is -0.119. The number of hydrogen-bond donors (Lipinski definition) is 3. The van der Waals surface area contributed by atoms with Gasteiger partial charge < -0.3 is 16.2 Å². The van der Waals surface area contributed by atoms with E-state index in [2.05, 4.69) is 5.32 Å². The molecule has 0 bridgehead atoms. The van der Waals surface area contributed by atoms with Crippen LogP contribution in [0.5, 0.6) is 0 Å². The second-order valence-corrected chi connectivity index (χ2v) is 3.80. The quantitative estimate of drug-likeness (QED) is 0.494. The Morgan fingerprint density at radius 3 is 2.85 bits per heavy atom. The van der Waals surface area contributed by atoms with E-state index in [-0.39, 0.29) is 18.6 Å². The van der Waals surface area contributed by atoms with Crippen molar-refractivity contribution >= 4 is 17.7 Å². The summed E-state index contributed by atoms with van der Waals surface area (Å²) in [7, 11) is 0. The van der Waals surface area contributed by atoms with Gasteiger partial charge >= 0.3 is 0 Å². The molecule has 78 valence electrons. The van der Waals surface area contributed by atoms with E-state index < -0.39 is 0 Å². The Hall–Kier alpha value is -0.260. The van der Waals surface area contributed by atoms with Crippen molar-refractivity contribution in [2.75, 3.05) is 24.7 Å². The number of carbonyl (C=O) groups excluding carboxylic acids is 1. The molecule has 0 fully saturated rings. The third-order valence-corrected chi connectivity index (χ3v) is 2.56. The molecule has 0 aliphatic carbocycles. The third-order valence-electron chi connectivity index (χ3n) is 1.57. The zero-order chi connectivity index (χ0) is 10.1. The predicted octanol–water partition coefficient (Wildman–Crippen LogP) is -0.435. The van der Waals surface area contributed by atoms with Gasteiger partial charge in [0, 0.05) is 12.3 Å². The first-order chi connectivity index (χ1) is 6.24. The zero-order valence-corrected chi connectivity index (χ0v) is 8.77. The molecule has 0 heterocycles. The van der Waals surface area contributed by atoms with E-state index in [1.807, 2.05) is 6.92 Å². The van der Waals surface area contributed by atoms with E-state index in [0.717, 1.165) is 12.2 Å². The molecule has 0 aromatic carbocycles. The highest BCUT2D eigenvalue weighted by molar-refractivity contribution is 7.99. The van der Waals surface area contributed by atoms with Crippen LogP contribution in [0.25, 0.3) is 0 Å². The molecule has 0 aromatic heterocycles. The Morgan fingerprint density at radius 1 is 1.69 bits per heavy atom. The third kappa shape index (κ3) is 6.86. The SMILES string of the molecule is CCC(CO)NC(=O)CSCCN. The van der Waals surface area contributed by atoms with Crippen molar-refractivity contribution in [1.29, 1.82) is 0 Å². The molecule has 1 unspecified atom stereocenters. The summed E-state index contributed by atoms with van der Waals surface area (Å²) in [5.74, 6) is 1.19. The summed E-state index contributed by atoms with van der Waals surface area (Å²) in [6.45, 7) is 2.52. The van der Waals surface area contributed by atoms with Crippen LogP contribution < -0.4 is 11.1 Å². The van der Waals surface area contributed by atoms with E-state index in [9.17, 15) is 4.79 Å². The van der Waals surface area contributed by atoms with Gasteiger partial charge in [-0.3, -0.25) is 4.79 Å². The molecule has 13 heavy (non-hydrogen) atoms. The highest BCUT2D eigenvalue weighted by Gasteiger charge is 2.08. The molecule has 0 aliphatic heterocycles. The summed E-state index contributed by atoms with van der Waals surface area (Å²) in [6.07, 6.45) is 0.754. The summed E-state index contributed by atoms with van der Waals surface area (Å²) in [6, 6.07) is -0.106. The maximum Gasteiger partial charge on any atom is 0.230 e. The summed E-state index contributed by atoms with van der Waals surface area (Å²) >= 11 is 1.51. The van der Waals surface area contributed by atoms with E-state index in [1.54, 1.807) is 0 Å². The van der Waals surface area contributed by atoms with Crippen LogP contribution in [0.3, 0.4) is 0 Å². The number of hydrogen-bond acceptors (Lipinski definition) is 4. The van der Waals surface area contributed by atoms with E-state index >= 15 is 0 Å². The van der Waals surface area contributed by atoms with Gasteiger partial charge in [-0.15, -0.1) is 0 Å². The number of rotatable bonds is 7. The Morgan fingerprint density at radius 2 is 2.38 bits per heavy atom. The zero-order valence-electron chi connectivity index (χ0n) is 7.95. The van der Waals surface area contributed by atoms with Crippen LogP contribution in [0.2, 0.25) is 0 Å². The molecule has 1 atom stereocenters. The molecular weight excluding hydrogens is 188 g/mol. The highest BCUT2D eigenvalue weighted by atomic mass is 32.2. The molecule has 0 saturated carbocycles. The maximum absolute atomic E-state index is 11.2. The monoisotopic (exact) mass is 206 g/mol. The lowest BCUT2D eigenvalue weighted by Crippen LogP contribution is -2.38. The van der Waals surface area contributed by atoms with Gasteiger partial charge in [-0.05, 0) is 6.42 Å². The fourth-order valence-corrected chi connectivity index (χ4v) is 1.37. The number of aliphatic hydroxyl groups is 1. The number of carbonyl (C=O) groups is 1. The van der Waals surface area contributed by atoms with Gasteiger partial charge in [0.05, 0.1) is 18.4 Å². The number of amides is 1. The Labute approximate surface area is 83.3 Å². The van der Waals surface area contributed by atoms with Crippen LogP contribution in [0.1, 0.15) is 13.3 Å². The predicted molar refractivity (Wildman–Crippen MR) is 55.7 cm³/mol. The maximum atomic E-state index is 11.2. The van der Waals surface area contributed by atoms with Crippen LogP contribution >= 0.6 is 11.8 Å². The Kier molecular flexibility index (Phi) is 8.18. The van der Waals surface area contributed by atoms with Crippen molar-refractivity contribution < 1.29 is 9.90 Å². The van der Waals surface area contributed by atoms with Crippen LogP contribution in [-0.4, -0.2) is 41.7 Å². The Bertz CT molecular complexity index is 140. The number of aliphatic hydroxyl groups excluding tert-OH is 1. The van der Waals surface area contributed by atoms with Gasteiger partial charge in [0.2, 0.25) is 5.91 Å². The van der Waals surface area contributed by atoms with Gasteiger partial charge in [0.1, 0.15) is 0 Å². The molecule has 0 aliphatic rings. The fourth-order valence-electron chi connectivity index (χ4n) is 0.794. The lowest BCUT2D eigenvalue weighted by Gasteiger charge is -2.13. The number of nitrogens with two attached hydrogens (primary N) is 1. The smallest absolute Gasteiger partial charge is 0.230 e. The van der Waals surface area contributed by atoms with Crippen molar-refractivity contribution in [3.05, 3.63) is 0 Å². The normalized spacial score (nSPS) is 12.5. The van der Waals surface area contributed by atoms with Crippen LogP contribution in [0.15, 0.2) is 0 Å². The molecule has 0 radical (unpaired) electrons. The van der Waals surface area contributed by atoms with E-state index in [0.29, 0.717) is 12.3 Å². The van der Waals surface area contributed by atoms with Crippen LogP contribution in [0.4, 0.5) is 0 Å². The van der Waals surface area contributed by atoms with Gasteiger partial charge in [-0.25, -0.2) is 0 Å². The molecule has 4 nitrogen and oxygen atoms in total. The van der Waals surface area contributed by atoms with Crippen molar-refractivity contribution in [1.82, 2.24) is 5.32 Å². The van der Waals surface area contributed by atoms with Gasteiger partial charge in [-0.1, -0.05) is 6.92 Å². The van der Waals surface area contributed by atoms with E-state index in [4.69, 9.17) is 10.8 Å². The Balaban J connectivity index is 3.48. The van der Waals surface area contributed by atoms with Gasteiger partial charge in [0.25, 0.3) is 0 Å². The van der Waals surface area contributed by atoms with Crippen LogP contribution in [0, 0.1) is 0 Å². The fraction of sp³-hybridized carbons (Fsp3) is 0.875. The topological polar surface area (TPSA) is 75.3 Å². The molecule has 0 saturated heterocycles. The van der Waals surface area contributed by atoms with Gasteiger partial charge in [0.15, 0.2) is 0 Å². The second-order valence-electron chi connectivity index (χ2n) is 2.70. The molecular formula is C8H18N2O2S. The first-order valence-corrected chi connectivity index (χ1v) is 5.58. The summed E-state index contributed by atoms with van der Waals surface area (Å²) in [5.41, 5.74) is 5.28. The first-order valence-electron chi connectivity index (χ1n) is 4.42. The molecule has 4 N–H and O–H groups in total. The lowest BCUT2D eigenvalue weighted by atomic mass is 10.2. The molecule has 0 spiro atoms. The number of thioether (sulfide) groups is 1. The minimum Gasteiger partial charge on any atom is -0.394 e. The minimum absolute atomic E-state index is 0.00377. The minimum atomic E-state index is -0.106. The van der Waals surface area contributed by atoms with Gasteiger partial charge in [-0.2, -0.15) is 11.8 Å². The molecule has 5 heteroatoms. The molecule has 0 aromatic rings. The molecule has 1 amide bonds. The van der Waals surface area contributed by atoms with Crippen molar-refractivity contribution in [3.8, 4) is 0 Å². The van der Waals surface area contributed by atoms with Crippen molar-refractivity contribution in [2.24, 2.45) is 5.73 Å².